The van der Waals surface area contributed by atoms with Gasteiger partial charge in [-0.05, 0) is 30.5 Å². The summed E-state index contributed by atoms with van der Waals surface area (Å²) >= 11 is 0. The molecule has 0 fully saturated rings. The second kappa shape index (κ2) is 4.04. The molecule has 1 aromatic rings. The molecule has 0 amide bonds. The molecule has 0 bridgehead atoms. The first-order chi connectivity index (χ1) is 6.19. The normalized spacial score (nSPS) is 12.2. The van der Waals surface area contributed by atoms with Gasteiger partial charge in [-0.1, -0.05) is 19.1 Å². The third-order valence-electron chi connectivity index (χ3n) is 2.15. The molecule has 0 aliphatic heterocycles. The van der Waals surface area contributed by atoms with Crippen molar-refractivity contribution < 1.29 is 4.39 Å². The topological polar surface area (TPSA) is 23.8 Å². The summed E-state index contributed by atoms with van der Waals surface area (Å²) in [6, 6.07) is 7.04. The Bertz CT molecular complexity index is 338. The summed E-state index contributed by atoms with van der Waals surface area (Å²) in [6.07, 6.45) is 0.765. The lowest BCUT2D eigenvalue weighted by atomic mass is 9.96. The predicted octanol–water partition coefficient (Wildman–Crippen LogP) is 3.15. The maximum atomic E-state index is 12.9. The van der Waals surface area contributed by atoms with Crippen molar-refractivity contribution >= 4 is 0 Å². The van der Waals surface area contributed by atoms with Gasteiger partial charge in [-0.25, -0.2) is 4.39 Å². The van der Waals surface area contributed by atoms with Crippen molar-refractivity contribution in [2.45, 2.75) is 26.2 Å². The minimum atomic E-state index is -0.212. The fourth-order valence-corrected chi connectivity index (χ4v) is 1.29. The lowest BCUT2D eigenvalue weighted by Crippen LogP contribution is -1.95. The van der Waals surface area contributed by atoms with Gasteiger partial charge in [0.2, 0.25) is 0 Å². The van der Waals surface area contributed by atoms with Gasteiger partial charge in [0.05, 0.1) is 12.0 Å². The van der Waals surface area contributed by atoms with Gasteiger partial charge in [0.15, 0.2) is 0 Å². The zero-order valence-electron chi connectivity index (χ0n) is 7.84. The molecule has 0 saturated carbocycles. The highest BCUT2D eigenvalue weighted by Crippen LogP contribution is 2.20. The molecule has 1 nitrogen and oxygen atoms in total. The number of nitriles is 1. The SMILES string of the molecule is CCC(C#N)c1ccc(F)c(C)c1. The van der Waals surface area contributed by atoms with Gasteiger partial charge >= 0.3 is 0 Å². The van der Waals surface area contributed by atoms with Gasteiger partial charge in [0.25, 0.3) is 0 Å². The molecule has 2 heteroatoms. The maximum Gasteiger partial charge on any atom is 0.126 e. The van der Waals surface area contributed by atoms with Crippen LogP contribution in [0.4, 0.5) is 4.39 Å². The molecule has 0 aliphatic rings. The molecule has 68 valence electrons. The summed E-state index contributed by atoms with van der Waals surface area (Å²) in [4.78, 5) is 0. The van der Waals surface area contributed by atoms with Crippen LogP contribution in [-0.4, -0.2) is 0 Å². The highest BCUT2D eigenvalue weighted by molar-refractivity contribution is 5.29. The molecule has 1 rings (SSSR count). The Hall–Kier alpha value is -1.36. The summed E-state index contributed by atoms with van der Waals surface area (Å²) in [5.74, 6) is -0.323. The van der Waals surface area contributed by atoms with Crippen molar-refractivity contribution in [3.63, 3.8) is 0 Å². The zero-order chi connectivity index (χ0) is 9.84. The third kappa shape index (κ3) is 2.06. The van der Waals surface area contributed by atoms with E-state index in [1.807, 2.05) is 6.92 Å². The highest BCUT2D eigenvalue weighted by atomic mass is 19.1. The molecule has 1 aromatic carbocycles. The number of hydrogen-bond acceptors (Lipinski definition) is 1. The largest absolute Gasteiger partial charge is 0.207 e. The van der Waals surface area contributed by atoms with Crippen molar-refractivity contribution in [3.8, 4) is 6.07 Å². The quantitative estimate of drug-likeness (QED) is 0.680. The van der Waals surface area contributed by atoms with Gasteiger partial charge in [-0.3, -0.25) is 0 Å². The number of aryl methyl sites for hydroxylation is 1. The summed E-state index contributed by atoms with van der Waals surface area (Å²) < 4.78 is 12.9. The monoisotopic (exact) mass is 177 g/mol. The average molecular weight is 177 g/mol. The van der Waals surface area contributed by atoms with Crippen LogP contribution >= 0.6 is 0 Å². The number of nitrogens with zero attached hydrogens (tertiary/aromatic N) is 1. The molecule has 0 radical (unpaired) electrons. The van der Waals surface area contributed by atoms with Crippen LogP contribution in [-0.2, 0) is 0 Å². The summed E-state index contributed by atoms with van der Waals surface area (Å²) in [5, 5.41) is 8.80. The molecule has 1 atom stereocenters. The van der Waals surface area contributed by atoms with Gasteiger partial charge in [-0.15, -0.1) is 0 Å². The van der Waals surface area contributed by atoms with Crippen LogP contribution < -0.4 is 0 Å². The lowest BCUT2D eigenvalue weighted by Gasteiger charge is -2.07. The van der Waals surface area contributed by atoms with Crippen molar-refractivity contribution in [1.29, 1.82) is 5.26 Å². The van der Waals surface area contributed by atoms with E-state index < -0.39 is 0 Å². The Kier molecular flexibility index (Phi) is 3.02. The summed E-state index contributed by atoms with van der Waals surface area (Å²) in [6.45, 7) is 3.66. The van der Waals surface area contributed by atoms with Crippen molar-refractivity contribution in [2.24, 2.45) is 0 Å². The molecule has 0 aromatic heterocycles. The average Bonchev–Trinajstić information content (AvgIpc) is 2.13. The lowest BCUT2D eigenvalue weighted by molar-refractivity contribution is 0.616. The van der Waals surface area contributed by atoms with Crippen molar-refractivity contribution in [3.05, 3.63) is 35.1 Å². The zero-order valence-corrected chi connectivity index (χ0v) is 7.84. The Labute approximate surface area is 77.8 Å². The Balaban J connectivity index is 3.04. The van der Waals surface area contributed by atoms with Crippen LogP contribution in [0.3, 0.4) is 0 Å². The van der Waals surface area contributed by atoms with E-state index in [0.29, 0.717) is 5.56 Å². The molecular weight excluding hydrogens is 165 g/mol. The van der Waals surface area contributed by atoms with E-state index in [1.165, 1.54) is 6.07 Å². The highest BCUT2D eigenvalue weighted by Gasteiger charge is 2.08. The minimum Gasteiger partial charge on any atom is -0.207 e. The Morgan fingerprint density at radius 1 is 1.54 bits per heavy atom. The van der Waals surface area contributed by atoms with Gasteiger partial charge < -0.3 is 0 Å². The number of rotatable bonds is 2. The smallest absolute Gasteiger partial charge is 0.126 e. The van der Waals surface area contributed by atoms with E-state index >= 15 is 0 Å². The minimum absolute atomic E-state index is 0.112. The van der Waals surface area contributed by atoms with Crippen LogP contribution in [0, 0.1) is 24.1 Å². The van der Waals surface area contributed by atoms with E-state index in [1.54, 1.807) is 19.1 Å². The van der Waals surface area contributed by atoms with E-state index in [4.69, 9.17) is 5.26 Å². The van der Waals surface area contributed by atoms with Crippen LogP contribution in [0.5, 0.6) is 0 Å². The van der Waals surface area contributed by atoms with Crippen LogP contribution in [0.15, 0.2) is 18.2 Å². The van der Waals surface area contributed by atoms with E-state index in [0.717, 1.165) is 12.0 Å². The first kappa shape index (κ1) is 9.73. The van der Waals surface area contributed by atoms with Crippen molar-refractivity contribution in [1.82, 2.24) is 0 Å². The summed E-state index contributed by atoms with van der Waals surface area (Å²) in [5.41, 5.74) is 1.51. The molecule has 0 N–H and O–H groups in total. The first-order valence-corrected chi connectivity index (χ1v) is 4.34. The van der Waals surface area contributed by atoms with E-state index in [9.17, 15) is 4.39 Å². The fourth-order valence-electron chi connectivity index (χ4n) is 1.29. The van der Waals surface area contributed by atoms with Crippen LogP contribution in [0.25, 0.3) is 0 Å². The second-order valence-electron chi connectivity index (χ2n) is 3.10. The van der Waals surface area contributed by atoms with E-state index in [-0.39, 0.29) is 11.7 Å². The van der Waals surface area contributed by atoms with Gasteiger partial charge in [-0.2, -0.15) is 5.26 Å². The van der Waals surface area contributed by atoms with E-state index in [2.05, 4.69) is 6.07 Å². The Morgan fingerprint density at radius 2 is 2.23 bits per heavy atom. The fraction of sp³-hybridized carbons (Fsp3) is 0.364. The second-order valence-corrected chi connectivity index (χ2v) is 3.10. The van der Waals surface area contributed by atoms with Gasteiger partial charge in [0, 0.05) is 0 Å². The van der Waals surface area contributed by atoms with Crippen LogP contribution in [0.2, 0.25) is 0 Å². The molecule has 0 spiro atoms. The maximum absolute atomic E-state index is 12.9. The molecule has 0 heterocycles. The van der Waals surface area contributed by atoms with Gasteiger partial charge in [0.1, 0.15) is 5.82 Å². The number of hydrogen-bond donors (Lipinski definition) is 0. The number of halogens is 1. The third-order valence-corrected chi connectivity index (χ3v) is 2.15. The molecule has 13 heavy (non-hydrogen) atoms. The molecule has 0 aliphatic carbocycles. The van der Waals surface area contributed by atoms with Crippen molar-refractivity contribution in [2.75, 3.05) is 0 Å². The number of benzene rings is 1. The standard InChI is InChI=1S/C11H12FN/c1-3-9(7-13)10-4-5-11(12)8(2)6-10/h4-6,9H,3H2,1-2H3. The molecule has 1 unspecified atom stereocenters. The molecular formula is C11H12FN. The first-order valence-electron chi connectivity index (χ1n) is 4.34. The molecule has 0 saturated heterocycles. The predicted molar refractivity (Wildman–Crippen MR) is 49.8 cm³/mol. The van der Waals surface area contributed by atoms with Crippen LogP contribution in [0.1, 0.15) is 30.4 Å². The Morgan fingerprint density at radius 3 is 2.69 bits per heavy atom. The summed E-state index contributed by atoms with van der Waals surface area (Å²) in [7, 11) is 0.